The lowest BCUT2D eigenvalue weighted by molar-refractivity contribution is -0.122. The van der Waals surface area contributed by atoms with Gasteiger partial charge in [-0.2, -0.15) is 4.31 Å². The Balaban J connectivity index is 2.11. The fraction of sp³-hybridized carbons (Fsp3) is 0.417. The number of sulfonamides is 1. The molecule has 0 aliphatic rings. The van der Waals surface area contributed by atoms with Crippen molar-refractivity contribution in [1.82, 2.24) is 9.62 Å². The summed E-state index contributed by atoms with van der Waals surface area (Å²) in [6, 6.07) is 13.6. The molecule has 0 saturated heterocycles. The molecule has 1 unspecified atom stereocenters. The van der Waals surface area contributed by atoms with Gasteiger partial charge in [0.05, 0.1) is 17.5 Å². The Labute approximate surface area is 185 Å². The molecule has 0 bridgehead atoms. The van der Waals surface area contributed by atoms with E-state index in [1.807, 2.05) is 26.0 Å². The van der Waals surface area contributed by atoms with E-state index in [1.54, 1.807) is 0 Å². The largest absolute Gasteiger partial charge is 0.348 e. The smallest absolute Gasteiger partial charge is 0.243 e. The van der Waals surface area contributed by atoms with Crippen LogP contribution in [0, 0.1) is 5.92 Å². The molecule has 1 amide bonds. The number of amides is 1. The Kier molecular flexibility index (Phi) is 8.14. The first-order valence-corrected chi connectivity index (χ1v) is 11.8. The minimum absolute atomic E-state index is 0.0393. The van der Waals surface area contributed by atoms with Crippen LogP contribution in [0.1, 0.15) is 68.1 Å². The third-order valence-corrected chi connectivity index (χ3v) is 7.10. The van der Waals surface area contributed by atoms with E-state index in [0.717, 1.165) is 9.87 Å². The average Bonchev–Trinajstić information content (AvgIpc) is 2.71. The monoisotopic (exact) mass is 444 g/mol. The normalized spacial score (nSPS) is 12.9. The topological polar surface area (TPSA) is 83.6 Å². The lowest BCUT2D eigenvalue weighted by Crippen LogP contribution is -2.41. The lowest BCUT2D eigenvalue weighted by Gasteiger charge is -2.25. The van der Waals surface area contributed by atoms with E-state index in [4.69, 9.17) is 0 Å². The molecule has 7 heteroatoms. The van der Waals surface area contributed by atoms with Crippen LogP contribution in [0.4, 0.5) is 0 Å². The highest BCUT2D eigenvalue weighted by Crippen LogP contribution is 2.24. The van der Waals surface area contributed by atoms with E-state index in [-0.39, 0.29) is 35.1 Å². The fourth-order valence-corrected chi connectivity index (χ4v) is 4.40. The van der Waals surface area contributed by atoms with Crippen molar-refractivity contribution in [3.63, 3.8) is 0 Å². The Morgan fingerprint density at radius 1 is 0.903 bits per heavy atom. The fourth-order valence-electron chi connectivity index (χ4n) is 3.27. The van der Waals surface area contributed by atoms with Gasteiger partial charge < -0.3 is 5.32 Å². The summed E-state index contributed by atoms with van der Waals surface area (Å²) in [5, 5.41) is 2.97. The summed E-state index contributed by atoms with van der Waals surface area (Å²) in [5.41, 5.74) is 2.64. The molecule has 2 rings (SSSR count). The first-order valence-electron chi connectivity index (χ1n) is 10.4. The lowest BCUT2D eigenvalue weighted by atomic mass is 9.93. The molecule has 0 spiro atoms. The molecular weight excluding hydrogens is 412 g/mol. The van der Waals surface area contributed by atoms with E-state index in [0.29, 0.717) is 11.5 Å². The van der Waals surface area contributed by atoms with Crippen LogP contribution in [-0.2, 0) is 14.8 Å². The number of likely N-dealkylation sites (N-methyl/N-ethyl adjacent to an activating group) is 1. The van der Waals surface area contributed by atoms with E-state index in [2.05, 4.69) is 31.3 Å². The van der Waals surface area contributed by atoms with Crippen molar-refractivity contribution >= 4 is 21.7 Å². The number of carbonyl (C=O) groups is 2. The summed E-state index contributed by atoms with van der Waals surface area (Å²) in [4.78, 5) is 24.1. The third-order valence-electron chi connectivity index (χ3n) is 5.28. The highest BCUT2D eigenvalue weighted by molar-refractivity contribution is 7.89. The number of nitrogens with zero attached hydrogens (tertiary/aromatic N) is 1. The van der Waals surface area contributed by atoms with Crippen molar-refractivity contribution in [3.05, 3.63) is 65.2 Å². The molecule has 0 saturated carbocycles. The van der Waals surface area contributed by atoms with E-state index < -0.39 is 10.0 Å². The molecule has 0 aliphatic carbocycles. The predicted molar refractivity (Wildman–Crippen MR) is 123 cm³/mol. The minimum atomic E-state index is -3.85. The van der Waals surface area contributed by atoms with Crippen LogP contribution in [0.15, 0.2) is 53.4 Å². The number of rotatable bonds is 9. The number of carbonyl (C=O) groups excluding carboxylic acids is 2. The third kappa shape index (κ3) is 6.24. The minimum Gasteiger partial charge on any atom is -0.348 e. The predicted octanol–water partition coefficient (Wildman–Crippen LogP) is 4.15. The first kappa shape index (κ1) is 24.8. The standard InChI is InChI=1S/C24H32N2O4S/c1-16(2)19-7-9-21(10-8-19)24(17(3)4)25-23(28)15-26(6)31(29,30)22-13-11-20(12-14-22)18(5)27/h7-14,16-17,24H,15H2,1-6H3,(H,25,28). The van der Waals surface area contributed by atoms with Gasteiger partial charge in [-0.3, -0.25) is 9.59 Å². The molecule has 168 valence electrons. The summed E-state index contributed by atoms with van der Waals surface area (Å²) in [6.45, 7) is 9.39. The molecular formula is C24H32N2O4S. The summed E-state index contributed by atoms with van der Waals surface area (Å²) in [7, 11) is -2.48. The van der Waals surface area contributed by atoms with Crippen LogP contribution >= 0.6 is 0 Å². The van der Waals surface area contributed by atoms with Crippen LogP contribution in [0.2, 0.25) is 0 Å². The molecule has 6 nitrogen and oxygen atoms in total. The molecule has 31 heavy (non-hydrogen) atoms. The van der Waals surface area contributed by atoms with Gasteiger partial charge in [0.1, 0.15) is 0 Å². The molecule has 1 N–H and O–H groups in total. The van der Waals surface area contributed by atoms with Crippen molar-refractivity contribution in [2.45, 2.75) is 51.5 Å². The zero-order chi connectivity index (χ0) is 23.3. The zero-order valence-corrected chi connectivity index (χ0v) is 19.9. The maximum atomic E-state index is 12.8. The molecule has 0 radical (unpaired) electrons. The van der Waals surface area contributed by atoms with Crippen molar-refractivity contribution < 1.29 is 18.0 Å². The number of nitrogens with one attached hydrogen (secondary N) is 1. The Morgan fingerprint density at radius 3 is 1.87 bits per heavy atom. The van der Waals surface area contributed by atoms with E-state index in [1.165, 1.54) is 43.8 Å². The van der Waals surface area contributed by atoms with Gasteiger partial charge in [-0.05, 0) is 42.0 Å². The summed E-state index contributed by atoms with van der Waals surface area (Å²) in [6.07, 6.45) is 0. The highest BCUT2D eigenvalue weighted by atomic mass is 32.2. The first-order chi connectivity index (χ1) is 14.4. The van der Waals surface area contributed by atoms with E-state index >= 15 is 0 Å². The van der Waals surface area contributed by atoms with Gasteiger partial charge in [0.25, 0.3) is 0 Å². The Bertz CT molecular complexity index is 1010. The van der Waals surface area contributed by atoms with Gasteiger partial charge in [0.15, 0.2) is 5.78 Å². The van der Waals surface area contributed by atoms with Gasteiger partial charge in [-0.1, -0.05) is 64.1 Å². The summed E-state index contributed by atoms with van der Waals surface area (Å²) in [5.74, 6) is 0.0373. The summed E-state index contributed by atoms with van der Waals surface area (Å²) >= 11 is 0. The quantitative estimate of drug-likeness (QED) is 0.589. The van der Waals surface area contributed by atoms with Crippen molar-refractivity contribution in [3.8, 4) is 0 Å². The maximum Gasteiger partial charge on any atom is 0.243 e. The van der Waals surface area contributed by atoms with Crippen LogP contribution in [0.3, 0.4) is 0 Å². The number of Topliss-reactive ketones (excluding diaryl/α,β-unsaturated/α-hetero) is 1. The number of benzene rings is 2. The van der Waals surface area contributed by atoms with Gasteiger partial charge in [0.2, 0.25) is 15.9 Å². The second-order valence-electron chi connectivity index (χ2n) is 8.45. The number of ketones is 1. The van der Waals surface area contributed by atoms with Gasteiger partial charge in [0, 0.05) is 12.6 Å². The van der Waals surface area contributed by atoms with Crippen LogP contribution in [0.25, 0.3) is 0 Å². The van der Waals surface area contributed by atoms with Crippen LogP contribution in [0.5, 0.6) is 0 Å². The molecule has 0 aromatic heterocycles. The van der Waals surface area contributed by atoms with E-state index in [9.17, 15) is 18.0 Å². The van der Waals surface area contributed by atoms with Crippen molar-refractivity contribution in [1.29, 1.82) is 0 Å². The Hall–Kier alpha value is -2.51. The van der Waals surface area contributed by atoms with Crippen LogP contribution < -0.4 is 5.32 Å². The van der Waals surface area contributed by atoms with Crippen LogP contribution in [-0.4, -0.2) is 38.0 Å². The van der Waals surface area contributed by atoms with Gasteiger partial charge >= 0.3 is 0 Å². The SMILES string of the molecule is CC(=O)c1ccc(S(=O)(=O)N(C)CC(=O)NC(c2ccc(C(C)C)cc2)C(C)C)cc1. The van der Waals surface area contributed by atoms with Gasteiger partial charge in [-0.25, -0.2) is 8.42 Å². The zero-order valence-electron chi connectivity index (χ0n) is 19.0. The molecule has 0 aliphatic heterocycles. The second kappa shape index (κ2) is 10.2. The highest BCUT2D eigenvalue weighted by Gasteiger charge is 2.25. The Morgan fingerprint density at radius 2 is 1.42 bits per heavy atom. The molecule has 2 aromatic rings. The van der Waals surface area contributed by atoms with Crippen molar-refractivity contribution in [2.75, 3.05) is 13.6 Å². The molecule has 1 atom stereocenters. The molecule has 2 aromatic carbocycles. The van der Waals surface area contributed by atoms with Gasteiger partial charge in [-0.15, -0.1) is 0 Å². The number of hydrogen-bond acceptors (Lipinski definition) is 4. The number of hydrogen-bond donors (Lipinski definition) is 1. The summed E-state index contributed by atoms with van der Waals surface area (Å²) < 4.78 is 26.6. The second-order valence-corrected chi connectivity index (χ2v) is 10.5. The molecule has 0 heterocycles. The van der Waals surface area contributed by atoms with Crippen molar-refractivity contribution in [2.24, 2.45) is 5.92 Å². The average molecular weight is 445 g/mol. The maximum absolute atomic E-state index is 12.8. The molecule has 0 fully saturated rings.